The van der Waals surface area contributed by atoms with Gasteiger partial charge in [-0.2, -0.15) is 0 Å². The zero-order chi connectivity index (χ0) is 16.7. The van der Waals surface area contributed by atoms with Gasteiger partial charge in [0.2, 0.25) is 0 Å². The van der Waals surface area contributed by atoms with Crippen molar-refractivity contribution in [3.63, 3.8) is 0 Å². The van der Waals surface area contributed by atoms with Gasteiger partial charge in [0.05, 0.1) is 0 Å². The molecule has 1 saturated heterocycles. The second-order valence-electron chi connectivity index (χ2n) is 6.24. The van der Waals surface area contributed by atoms with Gasteiger partial charge >= 0.3 is 0 Å². The first-order valence-electron chi connectivity index (χ1n) is 8.19. The molecule has 1 aliphatic rings. The predicted molar refractivity (Wildman–Crippen MR) is 102 cm³/mol. The minimum absolute atomic E-state index is 0.855. The normalized spacial score (nSPS) is 15.9. The maximum Gasteiger partial charge on any atom is 0.169 e. The van der Waals surface area contributed by atoms with Gasteiger partial charge in [0.25, 0.3) is 0 Å². The monoisotopic (exact) mass is 354 g/mol. The Balaban J connectivity index is 1.69. The van der Waals surface area contributed by atoms with Crippen molar-refractivity contribution in [2.75, 3.05) is 53.4 Å². The summed E-state index contributed by atoms with van der Waals surface area (Å²) >= 11 is 11.7. The number of benzene rings is 1. The van der Waals surface area contributed by atoms with Crippen LogP contribution in [0.1, 0.15) is 12.0 Å². The average molecular weight is 355 g/mol. The maximum absolute atomic E-state index is 6.24. The van der Waals surface area contributed by atoms with Crippen LogP contribution in [-0.2, 0) is 6.54 Å². The number of nitrogens with zero attached hydrogens (tertiary/aromatic N) is 3. The van der Waals surface area contributed by atoms with Gasteiger partial charge in [-0.15, -0.1) is 0 Å². The van der Waals surface area contributed by atoms with Crippen LogP contribution in [0.3, 0.4) is 0 Å². The molecule has 0 spiro atoms. The zero-order valence-electron chi connectivity index (χ0n) is 14.1. The molecule has 1 fully saturated rings. The van der Waals surface area contributed by atoms with E-state index in [4.69, 9.17) is 23.8 Å². The second kappa shape index (κ2) is 9.42. The Labute approximate surface area is 150 Å². The van der Waals surface area contributed by atoms with Crippen molar-refractivity contribution < 1.29 is 0 Å². The fourth-order valence-corrected chi connectivity index (χ4v) is 3.16. The third-order valence-corrected chi connectivity index (χ3v) is 4.84. The van der Waals surface area contributed by atoms with Crippen molar-refractivity contribution in [3.05, 3.63) is 34.9 Å². The van der Waals surface area contributed by atoms with Crippen LogP contribution < -0.4 is 5.32 Å². The molecule has 1 aromatic carbocycles. The summed E-state index contributed by atoms with van der Waals surface area (Å²) in [5.74, 6) is 0. The van der Waals surface area contributed by atoms with Gasteiger partial charge in [-0.05, 0) is 50.9 Å². The van der Waals surface area contributed by atoms with Crippen LogP contribution in [0.15, 0.2) is 24.3 Å². The topological polar surface area (TPSA) is 21.8 Å². The summed E-state index contributed by atoms with van der Waals surface area (Å²) in [6, 6.07) is 8.08. The molecule has 0 aromatic heterocycles. The van der Waals surface area contributed by atoms with E-state index in [9.17, 15) is 0 Å². The van der Waals surface area contributed by atoms with Crippen LogP contribution in [0.5, 0.6) is 0 Å². The Kier molecular flexibility index (Phi) is 7.56. The lowest BCUT2D eigenvalue weighted by Gasteiger charge is -2.36. The largest absolute Gasteiger partial charge is 0.363 e. The molecule has 23 heavy (non-hydrogen) atoms. The zero-order valence-corrected chi connectivity index (χ0v) is 15.7. The quantitative estimate of drug-likeness (QED) is 0.623. The van der Waals surface area contributed by atoms with Crippen LogP contribution in [0.25, 0.3) is 0 Å². The van der Waals surface area contributed by atoms with Gasteiger partial charge in [0.1, 0.15) is 0 Å². The van der Waals surface area contributed by atoms with Crippen molar-refractivity contribution in [3.8, 4) is 0 Å². The van der Waals surface area contributed by atoms with E-state index < -0.39 is 0 Å². The van der Waals surface area contributed by atoms with Gasteiger partial charge in [-0.3, -0.25) is 4.90 Å². The smallest absolute Gasteiger partial charge is 0.169 e. The second-order valence-corrected chi connectivity index (χ2v) is 7.04. The molecule has 0 atom stereocenters. The van der Waals surface area contributed by atoms with Gasteiger partial charge in [-0.1, -0.05) is 29.8 Å². The van der Waals surface area contributed by atoms with E-state index in [0.29, 0.717) is 0 Å². The maximum atomic E-state index is 6.24. The molecule has 0 radical (unpaired) electrons. The van der Waals surface area contributed by atoms with Crippen LogP contribution in [-0.4, -0.2) is 73.2 Å². The number of hydrogen-bond donors (Lipinski definition) is 1. The first-order valence-corrected chi connectivity index (χ1v) is 8.98. The summed E-state index contributed by atoms with van der Waals surface area (Å²) in [4.78, 5) is 6.90. The van der Waals surface area contributed by atoms with Crippen molar-refractivity contribution in [2.45, 2.75) is 13.0 Å². The van der Waals surface area contributed by atoms with Gasteiger partial charge in [0.15, 0.2) is 5.11 Å². The van der Waals surface area contributed by atoms with E-state index in [2.05, 4.69) is 40.2 Å². The highest BCUT2D eigenvalue weighted by Crippen LogP contribution is 2.17. The molecule has 0 saturated carbocycles. The summed E-state index contributed by atoms with van der Waals surface area (Å²) in [5, 5.41) is 5.12. The molecule has 1 heterocycles. The number of rotatable bonds is 6. The lowest BCUT2D eigenvalue weighted by molar-refractivity contribution is 0.174. The lowest BCUT2D eigenvalue weighted by atomic mass is 10.2. The Morgan fingerprint density at radius 3 is 2.57 bits per heavy atom. The van der Waals surface area contributed by atoms with Gasteiger partial charge in [0, 0.05) is 44.3 Å². The molecule has 4 nitrogen and oxygen atoms in total. The third-order valence-electron chi connectivity index (χ3n) is 4.07. The Morgan fingerprint density at radius 2 is 1.91 bits per heavy atom. The van der Waals surface area contributed by atoms with Gasteiger partial charge < -0.3 is 15.1 Å². The Morgan fingerprint density at radius 1 is 1.22 bits per heavy atom. The van der Waals surface area contributed by atoms with Crippen molar-refractivity contribution in [1.29, 1.82) is 0 Å². The molecule has 1 aromatic rings. The van der Waals surface area contributed by atoms with E-state index in [0.717, 1.165) is 62.4 Å². The summed E-state index contributed by atoms with van der Waals surface area (Å²) in [6.07, 6.45) is 1.11. The molecule has 1 aliphatic heterocycles. The summed E-state index contributed by atoms with van der Waals surface area (Å²) < 4.78 is 0. The van der Waals surface area contributed by atoms with Crippen LogP contribution in [0, 0.1) is 0 Å². The molecule has 128 valence electrons. The molecule has 1 N–H and O–H groups in total. The van der Waals surface area contributed by atoms with E-state index >= 15 is 0 Å². The number of hydrogen-bond acceptors (Lipinski definition) is 3. The summed E-state index contributed by atoms with van der Waals surface area (Å²) in [5.41, 5.74) is 1.20. The van der Waals surface area contributed by atoms with E-state index in [-0.39, 0.29) is 0 Å². The number of nitrogens with one attached hydrogen (secondary N) is 1. The number of piperazine rings is 1. The van der Waals surface area contributed by atoms with Crippen molar-refractivity contribution >= 4 is 28.9 Å². The fraction of sp³-hybridized carbons (Fsp3) is 0.588. The van der Waals surface area contributed by atoms with Gasteiger partial charge in [-0.25, -0.2) is 0 Å². The highest BCUT2D eigenvalue weighted by molar-refractivity contribution is 7.80. The molecule has 0 amide bonds. The molecule has 0 bridgehead atoms. The summed E-state index contributed by atoms with van der Waals surface area (Å²) in [6.45, 7) is 6.93. The standard InChI is InChI=1S/C17H27ClN4S/c1-20(2)9-5-8-19-17(23)22-12-10-21(11-13-22)14-15-6-3-4-7-16(15)18/h3-4,6-7H,5,8-14H2,1-2H3,(H,19,23). The highest BCUT2D eigenvalue weighted by atomic mass is 35.5. The predicted octanol–water partition coefficient (Wildman–Crippen LogP) is 2.28. The molecule has 2 rings (SSSR count). The fourth-order valence-electron chi connectivity index (χ4n) is 2.68. The SMILES string of the molecule is CN(C)CCCNC(=S)N1CCN(Cc2ccccc2Cl)CC1. The molecular formula is C17H27ClN4S. The minimum Gasteiger partial charge on any atom is -0.363 e. The molecule has 0 aliphatic carbocycles. The highest BCUT2D eigenvalue weighted by Gasteiger charge is 2.19. The Bertz CT molecular complexity index is 501. The molecule has 6 heteroatoms. The van der Waals surface area contributed by atoms with E-state index in [1.165, 1.54) is 5.56 Å². The number of halogens is 1. The summed E-state index contributed by atoms with van der Waals surface area (Å²) in [7, 11) is 4.19. The first kappa shape index (κ1) is 18.5. The minimum atomic E-state index is 0.855. The van der Waals surface area contributed by atoms with Crippen molar-refractivity contribution in [2.24, 2.45) is 0 Å². The average Bonchev–Trinajstić information content (AvgIpc) is 2.54. The number of thiocarbonyl (C=S) groups is 1. The Hall–Kier alpha value is -0.880. The molecule has 0 unspecified atom stereocenters. The van der Waals surface area contributed by atoms with Crippen LogP contribution in [0.2, 0.25) is 5.02 Å². The van der Waals surface area contributed by atoms with Crippen molar-refractivity contribution in [1.82, 2.24) is 20.0 Å². The van der Waals surface area contributed by atoms with Crippen LogP contribution in [0.4, 0.5) is 0 Å². The van der Waals surface area contributed by atoms with E-state index in [1.807, 2.05) is 18.2 Å². The third kappa shape index (κ3) is 6.26. The lowest BCUT2D eigenvalue weighted by Crippen LogP contribution is -2.51. The molecular weight excluding hydrogens is 328 g/mol. The van der Waals surface area contributed by atoms with Crippen LogP contribution >= 0.6 is 23.8 Å². The first-order chi connectivity index (χ1) is 11.1. The van der Waals surface area contributed by atoms with E-state index in [1.54, 1.807) is 0 Å².